The van der Waals surface area contributed by atoms with Crippen LogP contribution < -0.4 is 9.47 Å². The van der Waals surface area contributed by atoms with Gasteiger partial charge < -0.3 is 14.6 Å². The predicted octanol–water partition coefficient (Wildman–Crippen LogP) is 3.19. The van der Waals surface area contributed by atoms with Crippen LogP contribution in [0.1, 0.15) is 29.2 Å². The van der Waals surface area contributed by atoms with Crippen LogP contribution in [0.25, 0.3) is 0 Å². The van der Waals surface area contributed by atoms with Crippen molar-refractivity contribution in [2.75, 3.05) is 20.8 Å². The molecule has 0 aliphatic heterocycles. The molecule has 6 nitrogen and oxygen atoms in total. The number of methoxy groups -OCH3 is 2. The van der Waals surface area contributed by atoms with Gasteiger partial charge in [0.2, 0.25) is 6.54 Å². The van der Waals surface area contributed by atoms with Crippen LogP contribution >= 0.6 is 0 Å². The van der Waals surface area contributed by atoms with Gasteiger partial charge in [-0.1, -0.05) is 30.3 Å². The molecule has 0 amide bonds. The second kappa shape index (κ2) is 9.03. The van der Waals surface area contributed by atoms with Crippen molar-refractivity contribution in [3.05, 3.63) is 69.3 Å². The Morgan fingerprint density at radius 3 is 2.36 bits per heavy atom. The van der Waals surface area contributed by atoms with Gasteiger partial charge in [-0.15, -0.1) is 0 Å². The van der Waals surface area contributed by atoms with E-state index in [0.29, 0.717) is 17.1 Å². The normalized spacial score (nSPS) is 11.8. The Balaban J connectivity index is 2.16. The lowest BCUT2D eigenvalue weighted by atomic mass is 9.99. The van der Waals surface area contributed by atoms with Crippen LogP contribution in [0.2, 0.25) is 0 Å². The summed E-state index contributed by atoms with van der Waals surface area (Å²) in [5, 5.41) is 20.7. The molecule has 1 unspecified atom stereocenters. The molecule has 134 valence electrons. The Hall–Kier alpha value is -2.60. The second-order valence-corrected chi connectivity index (χ2v) is 5.78. The summed E-state index contributed by atoms with van der Waals surface area (Å²) in [4.78, 5) is 10.1. The van der Waals surface area contributed by atoms with Crippen molar-refractivity contribution in [2.24, 2.45) is 0 Å². The summed E-state index contributed by atoms with van der Waals surface area (Å²) in [5.41, 5.74) is 2.58. The summed E-state index contributed by atoms with van der Waals surface area (Å²) in [5.74, 6) is 1.04. The molecule has 0 heterocycles. The highest BCUT2D eigenvalue weighted by Crippen LogP contribution is 2.33. The first-order valence-corrected chi connectivity index (χ1v) is 8.13. The van der Waals surface area contributed by atoms with Crippen molar-refractivity contribution in [1.29, 1.82) is 0 Å². The largest absolute Gasteiger partial charge is 0.496 e. The topological polar surface area (TPSA) is 81.8 Å². The third-order valence-electron chi connectivity index (χ3n) is 4.07. The van der Waals surface area contributed by atoms with Crippen LogP contribution in [0, 0.1) is 10.1 Å². The van der Waals surface area contributed by atoms with Crippen molar-refractivity contribution in [3.8, 4) is 11.5 Å². The standard InChI is InChI=1S/C19H23NO5/c1-24-18-12-16(17(21)13-20(22)23)19(25-2)11-15(18)10-6-9-14-7-4-3-5-8-14/h3-5,7-8,11-12,17,21H,6,9-10,13H2,1-2H3. The molecule has 0 aromatic heterocycles. The summed E-state index contributed by atoms with van der Waals surface area (Å²) in [6.07, 6.45) is 1.41. The Bertz CT molecular complexity index is 702. The van der Waals surface area contributed by atoms with E-state index in [2.05, 4.69) is 12.1 Å². The number of aryl methyl sites for hydroxylation is 2. The maximum Gasteiger partial charge on any atom is 0.233 e. The quantitative estimate of drug-likeness (QED) is 0.557. The highest BCUT2D eigenvalue weighted by atomic mass is 16.6. The molecule has 2 aromatic carbocycles. The van der Waals surface area contributed by atoms with E-state index < -0.39 is 17.6 Å². The fraction of sp³-hybridized carbons (Fsp3) is 0.368. The summed E-state index contributed by atoms with van der Waals surface area (Å²) < 4.78 is 10.7. The monoisotopic (exact) mass is 345 g/mol. The number of hydrogen-bond acceptors (Lipinski definition) is 5. The Kier molecular flexibility index (Phi) is 6.77. The van der Waals surface area contributed by atoms with E-state index in [0.717, 1.165) is 24.8 Å². The minimum Gasteiger partial charge on any atom is -0.496 e. The molecule has 1 N–H and O–H groups in total. The van der Waals surface area contributed by atoms with Gasteiger partial charge in [-0.3, -0.25) is 10.1 Å². The fourth-order valence-electron chi connectivity index (χ4n) is 2.81. The molecule has 2 aromatic rings. The molecular formula is C19H23NO5. The zero-order chi connectivity index (χ0) is 18.2. The average Bonchev–Trinajstić information content (AvgIpc) is 2.61. The molecule has 0 radical (unpaired) electrons. The van der Waals surface area contributed by atoms with Gasteiger partial charge in [-0.05, 0) is 42.5 Å². The minimum atomic E-state index is -1.24. The molecule has 2 rings (SSSR count). The minimum absolute atomic E-state index is 0.364. The number of nitrogens with zero attached hydrogens (tertiary/aromatic N) is 1. The first kappa shape index (κ1) is 18.7. The average molecular weight is 345 g/mol. The molecule has 0 fully saturated rings. The van der Waals surface area contributed by atoms with Crippen LogP contribution in [0.3, 0.4) is 0 Å². The molecule has 0 saturated carbocycles. The number of nitro groups is 1. The summed E-state index contributed by atoms with van der Waals surface area (Å²) in [7, 11) is 3.03. The van der Waals surface area contributed by atoms with Crippen molar-refractivity contribution in [1.82, 2.24) is 0 Å². The molecule has 0 aliphatic carbocycles. The van der Waals surface area contributed by atoms with Gasteiger partial charge in [0.15, 0.2) is 0 Å². The van der Waals surface area contributed by atoms with E-state index in [9.17, 15) is 15.2 Å². The number of ether oxygens (including phenoxy) is 2. The number of benzene rings is 2. The van der Waals surface area contributed by atoms with Gasteiger partial charge in [0, 0.05) is 10.5 Å². The summed E-state index contributed by atoms with van der Waals surface area (Å²) in [6.45, 7) is -0.577. The van der Waals surface area contributed by atoms with Crippen molar-refractivity contribution < 1.29 is 19.5 Å². The summed E-state index contributed by atoms with van der Waals surface area (Å²) in [6, 6.07) is 13.6. The SMILES string of the molecule is COc1cc(C(O)C[N+](=O)[O-])c(OC)cc1CCCc1ccccc1. The number of aliphatic hydroxyl groups excluding tert-OH is 1. The van der Waals surface area contributed by atoms with E-state index in [1.165, 1.54) is 12.7 Å². The van der Waals surface area contributed by atoms with Gasteiger partial charge in [-0.25, -0.2) is 0 Å². The van der Waals surface area contributed by atoms with Gasteiger partial charge >= 0.3 is 0 Å². The van der Waals surface area contributed by atoms with E-state index in [-0.39, 0.29) is 0 Å². The molecular weight excluding hydrogens is 322 g/mol. The lowest BCUT2D eigenvalue weighted by Gasteiger charge is -2.17. The highest BCUT2D eigenvalue weighted by Gasteiger charge is 2.21. The third kappa shape index (κ3) is 5.19. The zero-order valence-electron chi connectivity index (χ0n) is 14.5. The Labute approximate surface area is 147 Å². The molecule has 0 saturated heterocycles. The number of rotatable bonds is 9. The van der Waals surface area contributed by atoms with Crippen LogP contribution in [-0.4, -0.2) is 30.8 Å². The van der Waals surface area contributed by atoms with E-state index >= 15 is 0 Å². The van der Waals surface area contributed by atoms with Crippen LogP contribution in [0.15, 0.2) is 42.5 Å². The predicted molar refractivity (Wildman–Crippen MR) is 94.8 cm³/mol. The summed E-state index contributed by atoms with van der Waals surface area (Å²) >= 11 is 0. The van der Waals surface area contributed by atoms with Crippen molar-refractivity contribution >= 4 is 0 Å². The van der Waals surface area contributed by atoms with Crippen LogP contribution in [0.4, 0.5) is 0 Å². The smallest absolute Gasteiger partial charge is 0.233 e. The first-order chi connectivity index (χ1) is 12.0. The van der Waals surface area contributed by atoms with E-state index in [1.54, 1.807) is 19.2 Å². The Morgan fingerprint density at radius 2 is 1.76 bits per heavy atom. The molecule has 0 aliphatic rings. The van der Waals surface area contributed by atoms with Gasteiger partial charge in [-0.2, -0.15) is 0 Å². The maximum absolute atomic E-state index is 10.7. The van der Waals surface area contributed by atoms with Gasteiger partial charge in [0.25, 0.3) is 0 Å². The Morgan fingerprint density at radius 1 is 1.08 bits per heavy atom. The van der Waals surface area contributed by atoms with E-state index in [4.69, 9.17) is 9.47 Å². The van der Waals surface area contributed by atoms with Crippen molar-refractivity contribution in [3.63, 3.8) is 0 Å². The highest BCUT2D eigenvalue weighted by molar-refractivity contribution is 5.47. The van der Waals surface area contributed by atoms with Crippen LogP contribution in [-0.2, 0) is 12.8 Å². The fourth-order valence-corrected chi connectivity index (χ4v) is 2.81. The van der Waals surface area contributed by atoms with Gasteiger partial charge in [0.05, 0.1) is 14.2 Å². The maximum atomic E-state index is 10.7. The molecule has 0 spiro atoms. The lowest BCUT2D eigenvalue weighted by Crippen LogP contribution is -2.13. The molecule has 6 heteroatoms. The molecule has 25 heavy (non-hydrogen) atoms. The molecule has 1 atom stereocenters. The van der Waals surface area contributed by atoms with Crippen LogP contribution in [0.5, 0.6) is 11.5 Å². The molecule has 0 bridgehead atoms. The third-order valence-corrected chi connectivity index (χ3v) is 4.07. The van der Waals surface area contributed by atoms with E-state index in [1.807, 2.05) is 18.2 Å². The zero-order valence-corrected chi connectivity index (χ0v) is 14.5. The lowest BCUT2D eigenvalue weighted by molar-refractivity contribution is -0.491. The second-order valence-electron chi connectivity index (χ2n) is 5.78. The number of hydrogen-bond donors (Lipinski definition) is 1. The number of aliphatic hydroxyl groups is 1. The van der Waals surface area contributed by atoms with Crippen molar-refractivity contribution in [2.45, 2.75) is 25.4 Å². The first-order valence-electron chi connectivity index (χ1n) is 8.13. The van der Waals surface area contributed by atoms with Gasteiger partial charge in [0.1, 0.15) is 17.6 Å².